The van der Waals surface area contributed by atoms with E-state index in [-0.39, 0.29) is 11.7 Å². The molecule has 1 aromatic rings. The van der Waals surface area contributed by atoms with Gasteiger partial charge in [-0.3, -0.25) is 19.4 Å². The molecule has 9 heteroatoms. The van der Waals surface area contributed by atoms with Crippen LogP contribution in [-0.4, -0.2) is 34.7 Å². The van der Waals surface area contributed by atoms with Gasteiger partial charge in [-0.2, -0.15) is 0 Å². The van der Waals surface area contributed by atoms with Crippen molar-refractivity contribution in [1.82, 2.24) is 5.16 Å². The summed E-state index contributed by atoms with van der Waals surface area (Å²) in [6, 6.07) is 0.957. The zero-order valence-electron chi connectivity index (χ0n) is 13.7. The van der Waals surface area contributed by atoms with Crippen molar-refractivity contribution in [3.63, 3.8) is 0 Å². The summed E-state index contributed by atoms with van der Waals surface area (Å²) in [5, 5.41) is 14.1. The third kappa shape index (κ3) is 2.49. The first-order valence-corrected chi connectivity index (χ1v) is 8.28. The zero-order valence-corrected chi connectivity index (χ0v) is 13.7. The van der Waals surface area contributed by atoms with Gasteiger partial charge >= 0.3 is 17.8 Å². The minimum Gasteiger partial charge on any atom is -0.469 e. The molecule has 0 N–H and O–H groups in total. The number of methoxy groups -OCH3 is 1. The van der Waals surface area contributed by atoms with Gasteiger partial charge in [0.1, 0.15) is 10.5 Å². The second-order valence-electron chi connectivity index (χ2n) is 7.61. The summed E-state index contributed by atoms with van der Waals surface area (Å²) in [5.41, 5.74) is -1.55. The van der Waals surface area contributed by atoms with Crippen LogP contribution in [-0.2, 0) is 14.3 Å². The molecule has 0 radical (unpaired) electrons. The third-order valence-corrected chi connectivity index (χ3v) is 5.82. The normalized spacial score (nSPS) is 35.4. The number of ether oxygens (including phenoxy) is 2. The maximum absolute atomic E-state index is 12.4. The molecule has 1 heterocycles. The standard InChI is InChI=1S/C16H18N2O7/c1-23-14(20)15-4-9-2-10(5-15)7-16(6-9,8-15)24-13(19)11-3-12(18(21)22)25-17-11/h3,9-10H,2,4-8H2,1H3. The van der Waals surface area contributed by atoms with Crippen molar-refractivity contribution in [3.05, 3.63) is 21.9 Å². The van der Waals surface area contributed by atoms with Gasteiger partial charge in [-0.05, 0) is 43.9 Å². The number of nitro groups is 1. The Morgan fingerprint density at radius 3 is 2.56 bits per heavy atom. The van der Waals surface area contributed by atoms with Crippen LogP contribution in [0.4, 0.5) is 5.88 Å². The molecule has 0 saturated heterocycles. The highest BCUT2D eigenvalue weighted by molar-refractivity contribution is 5.88. The van der Waals surface area contributed by atoms with Crippen LogP contribution in [0.25, 0.3) is 0 Å². The molecule has 4 fully saturated rings. The van der Waals surface area contributed by atoms with Gasteiger partial charge in [0.2, 0.25) is 0 Å². The number of esters is 2. The van der Waals surface area contributed by atoms with E-state index in [1.165, 1.54) is 7.11 Å². The Morgan fingerprint density at radius 1 is 1.32 bits per heavy atom. The topological polar surface area (TPSA) is 122 Å². The molecule has 0 aliphatic heterocycles. The van der Waals surface area contributed by atoms with Crippen LogP contribution in [0.1, 0.15) is 49.0 Å². The van der Waals surface area contributed by atoms with Crippen molar-refractivity contribution in [2.75, 3.05) is 7.11 Å². The summed E-state index contributed by atoms with van der Waals surface area (Å²) >= 11 is 0. The lowest BCUT2D eigenvalue weighted by atomic mass is 9.48. The second-order valence-corrected chi connectivity index (χ2v) is 7.61. The first-order chi connectivity index (χ1) is 11.8. The molecular formula is C16H18N2O7. The Labute approximate surface area is 142 Å². The molecular weight excluding hydrogens is 332 g/mol. The molecule has 9 nitrogen and oxygen atoms in total. The molecule has 5 rings (SSSR count). The largest absolute Gasteiger partial charge is 0.469 e. The van der Waals surface area contributed by atoms with Gasteiger partial charge < -0.3 is 9.47 Å². The predicted molar refractivity (Wildman–Crippen MR) is 80.4 cm³/mol. The molecule has 0 spiro atoms. The number of aromatic nitrogens is 1. The lowest BCUT2D eigenvalue weighted by Gasteiger charge is -2.59. The van der Waals surface area contributed by atoms with Crippen LogP contribution < -0.4 is 0 Å². The number of nitrogens with zero attached hydrogens (tertiary/aromatic N) is 2. The molecule has 4 bridgehead atoms. The number of hydrogen-bond acceptors (Lipinski definition) is 8. The van der Waals surface area contributed by atoms with E-state index in [4.69, 9.17) is 9.47 Å². The van der Waals surface area contributed by atoms with Gasteiger partial charge in [-0.15, -0.1) is 0 Å². The van der Waals surface area contributed by atoms with E-state index in [0.29, 0.717) is 31.1 Å². The summed E-state index contributed by atoms with van der Waals surface area (Å²) in [7, 11) is 1.38. The minimum atomic E-state index is -0.763. The van der Waals surface area contributed by atoms with Crippen molar-refractivity contribution in [2.45, 2.75) is 44.1 Å². The summed E-state index contributed by atoms with van der Waals surface area (Å²) in [6.07, 6.45) is 4.41. The minimum absolute atomic E-state index is 0.227. The molecule has 2 unspecified atom stereocenters. The van der Waals surface area contributed by atoms with E-state index in [9.17, 15) is 19.7 Å². The van der Waals surface area contributed by atoms with E-state index >= 15 is 0 Å². The van der Waals surface area contributed by atoms with E-state index in [1.54, 1.807) is 0 Å². The Hall–Kier alpha value is -2.45. The summed E-state index contributed by atoms with van der Waals surface area (Å²) in [4.78, 5) is 34.7. The molecule has 0 amide bonds. The molecule has 0 aromatic carbocycles. The highest BCUT2D eigenvalue weighted by atomic mass is 16.7. The number of carbonyl (C=O) groups is 2. The number of rotatable bonds is 4. The van der Waals surface area contributed by atoms with Gasteiger partial charge in [-0.1, -0.05) is 5.16 Å². The lowest BCUT2D eigenvalue weighted by molar-refractivity contribution is -0.404. The number of hydrogen-bond donors (Lipinski definition) is 0. The van der Waals surface area contributed by atoms with E-state index in [1.807, 2.05) is 0 Å². The van der Waals surface area contributed by atoms with Crippen molar-refractivity contribution in [2.24, 2.45) is 17.3 Å². The highest BCUT2D eigenvalue weighted by Crippen LogP contribution is 2.63. The lowest BCUT2D eigenvalue weighted by Crippen LogP contribution is -2.60. The van der Waals surface area contributed by atoms with Crippen molar-refractivity contribution >= 4 is 17.8 Å². The quantitative estimate of drug-likeness (QED) is 0.460. The Balaban J connectivity index is 1.58. The Morgan fingerprint density at radius 2 is 2.00 bits per heavy atom. The fraction of sp³-hybridized carbons (Fsp3) is 0.688. The first-order valence-electron chi connectivity index (χ1n) is 8.28. The average Bonchev–Trinajstić information content (AvgIpc) is 3.02. The highest BCUT2D eigenvalue weighted by Gasteiger charge is 2.63. The van der Waals surface area contributed by atoms with Crippen molar-refractivity contribution in [3.8, 4) is 0 Å². The zero-order chi connectivity index (χ0) is 17.8. The summed E-state index contributed by atoms with van der Waals surface area (Å²) in [6.45, 7) is 0. The van der Waals surface area contributed by atoms with Crippen LogP contribution >= 0.6 is 0 Å². The molecule has 1 aromatic heterocycles. The van der Waals surface area contributed by atoms with Crippen molar-refractivity contribution in [1.29, 1.82) is 0 Å². The predicted octanol–water partition coefficient (Wildman–Crippen LogP) is 2.25. The SMILES string of the molecule is COC(=O)C12CC3CC(CC(OC(=O)c4cc([N+](=O)[O-])on4)(C3)C1)C2. The van der Waals surface area contributed by atoms with Crippen LogP contribution in [0, 0.1) is 27.4 Å². The van der Waals surface area contributed by atoms with Crippen LogP contribution in [0.15, 0.2) is 10.6 Å². The van der Waals surface area contributed by atoms with Gasteiger partial charge in [0.15, 0.2) is 5.69 Å². The average molecular weight is 350 g/mol. The maximum atomic E-state index is 12.4. The molecule has 134 valence electrons. The fourth-order valence-electron chi connectivity index (χ4n) is 5.45. The maximum Gasteiger partial charge on any atom is 0.456 e. The molecule has 4 aliphatic carbocycles. The fourth-order valence-corrected chi connectivity index (χ4v) is 5.45. The van der Waals surface area contributed by atoms with Gasteiger partial charge in [-0.25, -0.2) is 4.79 Å². The molecule has 4 saturated carbocycles. The van der Waals surface area contributed by atoms with E-state index in [2.05, 4.69) is 9.68 Å². The summed E-state index contributed by atoms with van der Waals surface area (Å²) < 4.78 is 15.3. The van der Waals surface area contributed by atoms with Gasteiger partial charge in [0, 0.05) is 6.42 Å². The van der Waals surface area contributed by atoms with E-state index < -0.39 is 27.8 Å². The van der Waals surface area contributed by atoms with Crippen molar-refractivity contribution < 1.29 is 28.5 Å². The second kappa shape index (κ2) is 5.27. The van der Waals surface area contributed by atoms with Crippen LogP contribution in [0.2, 0.25) is 0 Å². The van der Waals surface area contributed by atoms with Gasteiger partial charge in [0.25, 0.3) is 0 Å². The Kier molecular flexibility index (Phi) is 3.38. The Bertz CT molecular complexity index is 741. The van der Waals surface area contributed by atoms with Crippen LogP contribution in [0.5, 0.6) is 0 Å². The van der Waals surface area contributed by atoms with Crippen LogP contribution in [0.3, 0.4) is 0 Å². The smallest absolute Gasteiger partial charge is 0.456 e. The third-order valence-electron chi connectivity index (χ3n) is 5.82. The van der Waals surface area contributed by atoms with E-state index in [0.717, 1.165) is 25.3 Å². The molecule has 4 aliphatic rings. The number of carbonyl (C=O) groups excluding carboxylic acids is 2. The first kappa shape index (κ1) is 16.0. The molecule has 25 heavy (non-hydrogen) atoms. The monoisotopic (exact) mass is 350 g/mol. The summed E-state index contributed by atoms with van der Waals surface area (Å²) in [5.74, 6) is -0.957. The van der Waals surface area contributed by atoms with Gasteiger partial charge in [0.05, 0.1) is 18.6 Å². The molecule has 2 atom stereocenters.